The Labute approximate surface area is 213 Å². The van der Waals surface area contributed by atoms with Crippen molar-refractivity contribution in [1.29, 1.82) is 0 Å². The number of nitrogens with zero attached hydrogens (tertiary/aromatic N) is 7. The minimum absolute atomic E-state index is 0.179. The monoisotopic (exact) mass is 486 g/mol. The van der Waals surface area contributed by atoms with Crippen molar-refractivity contribution < 1.29 is 5.11 Å². The van der Waals surface area contributed by atoms with Crippen molar-refractivity contribution in [2.75, 3.05) is 62.4 Å². The smallest absolute Gasteiger partial charge is 0.206 e. The Morgan fingerprint density at radius 2 is 2.03 bits per heavy atom. The number of hydrogen-bond acceptors (Lipinski definition) is 9. The van der Waals surface area contributed by atoms with Crippen molar-refractivity contribution in [2.45, 2.75) is 19.8 Å². The highest BCUT2D eigenvalue weighted by molar-refractivity contribution is 5.74. The molecule has 0 amide bonds. The number of benzene rings is 1. The minimum Gasteiger partial charge on any atom is -0.507 e. The van der Waals surface area contributed by atoms with E-state index in [4.69, 9.17) is 5.73 Å². The first kappa shape index (κ1) is 25.2. The summed E-state index contributed by atoms with van der Waals surface area (Å²) in [5, 5.41) is 18.6. The lowest BCUT2D eigenvalue weighted by Crippen LogP contribution is -2.28. The number of aromatic hydroxyl groups is 1. The van der Waals surface area contributed by atoms with Gasteiger partial charge in [-0.15, -0.1) is 10.2 Å². The third-order valence-corrected chi connectivity index (χ3v) is 6.36. The maximum Gasteiger partial charge on any atom is 0.206 e. The van der Waals surface area contributed by atoms with E-state index in [0.717, 1.165) is 50.5 Å². The first-order valence-corrected chi connectivity index (χ1v) is 12.3. The highest BCUT2D eigenvalue weighted by Gasteiger charge is 2.26. The molecule has 3 N–H and O–H groups in total. The second kappa shape index (κ2) is 11.7. The number of aromatic nitrogens is 4. The van der Waals surface area contributed by atoms with Gasteiger partial charge in [0, 0.05) is 37.9 Å². The number of nitrogens with two attached hydrogens (primary N) is 1. The van der Waals surface area contributed by atoms with Crippen molar-refractivity contribution in [3.63, 3.8) is 0 Å². The van der Waals surface area contributed by atoms with Crippen LogP contribution in [0.4, 0.5) is 17.3 Å². The average Bonchev–Trinajstić information content (AvgIpc) is 3.34. The van der Waals surface area contributed by atoms with E-state index < -0.39 is 0 Å². The van der Waals surface area contributed by atoms with Crippen molar-refractivity contribution >= 4 is 17.3 Å². The molecule has 0 aliphatic carbocycles. The van der Waals surface area contributed by atoms with E-state index in [0.29, 0.717) is 35.4 Å². The minimum atomic E-state index is 0.179. The molecule has 1 aliphatic heterocycles. The van der Waals surface area contributed by atoms with Crippen molar-refractivity contribution in [1.82, 2.24) is 25.1 Å². The van der Waals surface area contributed by atoms with Crippen LogP contribution in [0.1, 0.15) is 25.6 Å². The van der Waals surface area contributed by atoms with Gasteiger partial charge >= 0.3 is 0 Å². The Morgan fingerprint density at radius 3 is 2.81 bits per heavy atom. The largest absolute Gasteiger partial charge is 0.507 e. The van der Waals surface area contributed by atoms with Crippen molar-refractivity contribution in [3.05, 3.63) is 48.4 Å². The zero-order valence-electron chi connectivity index (χ0n) is 21.2. The molecule has 1 saturated heterocycles. The molecular formula is C27H34N8O. The Kier molecular flexibility index (Phi) is 8.18. The van der Waals surface area contributed by atoms with Gasteiger partial charge < -0.3 is 20.6 Å². The van der Waals surface area contributed by atoms with Gasteiger partial charge in [0.1, 0.15) is 11.6 Å². The molecule has 1 atom stereocenters. The molecule has 3 aromatic rings. The molecule has 0 radical (unpaired) electrons. The summed E-state index contributed by atoms with van der Waals surface area (Å²) >= 11 is 0. The van der Waals surface area contributed by atoms with Gasteiger partial charge in [0.15, 0.2) is 5.82 Å². The molecule has 9 nitrogen and oxygen atoms in total. The van der Waals surface area contributed by atoms with Crippen LogP contribution in [0.3, 0.4) is 0 Å². The van der Waals surface area contributed by atoms with E-state index in [9.17, 15) is 5.11 Å². The molecule has 1 aliphatic rings. The number of phenolic OH excluding ortho intramolecular Hbond substituents is 1. The van der Waals surface area contributed by atoms with Gasteiger partial charge in [0.25, 0.3) is 0 Å². The summed E-state index contributed by atoms with van der Waals surface area (Å²) in [4.78, 5) is 15.5. The quantitative estimate of drug-likeness (QED) is 0.465. The zero-order valence-corrected chi connectivity index (χ0v) is 21.2. The van der Waals surface area contributed by atoms with Gasteiger partial charge in [-0.2, -0.15) is 0 Å². The number of hydrogen-bond donors (Lipinski definition) is 2. The molecule has 0 spiro atoms. The van der Waals surface area contributed by atoms with E-state index in [2.05, 4.69) is 48.7 Å². The van der Waals surface area contributed by atoms with Gasteiger partial charge in [-0.05, 0) is 70.0 Å². The zero-order chi connectivity index (χ0) is 25.5. The molecule has 9 heteroatoms. The number of phenols is 1. The fraction of sp³-hybridized carbons (Fsp3) is 0.407. The summed E-state index contributed by atoms with van der Waals surface area (Å²) < 4.78 is 0. The Balaban J connectivity index is 1.39. The fourth-order valence-electron chi connectivity index (χ4n) is 4.39. The van der Waals surface area contributed by atoms with Crippen LogP contribution < -0.4 is 15.5 Å². The maximum absolute atomic E-state index is 10.2. The molecule has 2 aromatic heterocycles. The summed E-state index contributed by atoms with van der Waals surface area (Å²) in [6.07, 6.45) is 3.90. The SMILES string of the molecule is CCN(CCC1CCN(c2cc(-c3ccccc3O)nnc2N)C1)c1ccnc(C#CCN(C)C)n1. The Hall–Kier alpha value is -3.90. The van der Waals surface area contributed by atoms with Crippen LogP contribution in [-0.2, 0) is 0 Å². The summed E-state index contributed by atoms with van der Waals surface area (Å²) in [7, 11) is 3.98. The Bertz CT molecular complexity index is 1240. The first-order valence-electron chi connectivity index (χ1n) is 12.3. The van der Waals surface area contributed by atoms with Crippen LogP contribution in [0.25, 0.3) is 11.3 Å². The standard InChI is InChI=1S/C27H34N8O/c1-4-34(26-11-14-29-25(30-26)10-7-15-33(2)3)16-12-20-13-17-35(19-20)23-18-22(31-32-27(23)28)21-8-5-6-9-24(21)36/h5-6,8-9,11,14,18,20,36H,4,12-13,15-17,19H2,1-3H3,(H2,28,32). The average molecular weight is 487 g/mol. The fourth-order valence-corrected chi connectivity index (χ4v) is 4.39. The molecule has 4 rings (SSSR count). The molecule has 36 heavy (non-hydrogen) atoms. The van der Waals surface area contributed by atoms with Crippen LogP contribution in [0, 0.1) is 17.8 Å². The molecule has 3 heterocycles. The normalized spacial score (nSPS) is 15.1. The second-order valence-electron chi connectivity index (χ2n) is 9.26. The van der Waals surface area contributed by atoms with Crippen LogP contribution in [0.5, 0.6) is 5.75 Å². The van der Waals surface area contributed by atoms with Crippen LogP contribution in [0.2, 0.25) is 0 Å². The van der Waals surface area contributed by atoms with Crippen LogP contribution in [0.15, 0.2) is 42.6 Å². The van der Waals surface area contributed by atoms with Gasteiger partial charge in [-0.25, -0.2) is 9.97 Å². The highest BCUT2D eigenvalue weighted by atomic mass is 16.3. The van der Waals surface area contributed by atoms with E-state index in [1.807, 2.05) is 43.3 Å². The maximum atomic E-state index is 10.2. The highest BCUT2D eigenvalue weighted by Crippen LogP contribution is 2.34. The molecule has 188 valence electrons. The first-order chi connectivity index (χ1) is 17.4. The van der Waals surface area contributed by atoms with Gasteiger partial charge in [0.2, 0.25) is 5.82 Å². The second-order valence-corrected chi connectivity index (χ2v) is 9.26. The van der Waals surface area contributed by atoms with Crippen molar-refractivity contribution in [2.24, 2.45) is 5.92 Å². The van der Waals surface area contributed by atoms with Crippen molar-refractivity contribution in [3.8, 4) is 28.8 Å². The summed E-state index contributed by atoms with van der Waals surface area (Å²) in [6.45, 7) is 6.40. The lowest BCUT2D eigenvalue weighted by atomic mass is 10.0. The predicted molar refractivity (Wildman–Crippen MR) is 144 cm³/mol. The van der Waals surface area contributed by atoms with E-state index in [-0.39, 0.29) is 5.75 Å². The molecule has 0 bridgehead atoms. The summed E-state index contributed by atoms with van der Waals surface area (Å²) in [5.74, 6) is 8.74. The molecule has 1 fully saturated rings. The van der Waals surface area contributed by atoms with Crippen LogP contribution in [-0.4, -0.2) is 77.0 Å². The van der Waals surface area contributed by atoms with E-state index in [1.54, 1.807) is 18.3 Å². The summed E-state index contributed by atoms with van der Waals surface area (Å²) in [5.41, 5.74) is 8.34. The summed E-state index contributed by atoms with van der Waals surface area (Å²) in [6, 6.07) is 11.0. The lowest BCUT2D eigenvalue weighted by molar-refractivity contribution is 0.464. The van der Waals surface area contributed by atoms with Crippen LogP contribution >= 0.6 is 0 Å². The molecule has 1 aromatic carbocycles. The topological polar surface area (TPSA) is 108 Å². The third kappa shape index (κ3) is 6.20. The number of rotatable bonds is 8. The number of para-hydroxylation sites is 1. The van der Waals surface area contributed by atoms with E-state index in [1.165, 1.54) is 0 Å². The van der Waals surface area contributed by atoms with Gasteiger partial charge in [-0.1, -0.05) is 18.1 Å². The number of anilines is 3. The molecule has 1 unspecified atom stereocenters. The third-order valence-electron chi connectivity index (χ3n) is 6.36. The Morgan fingerprint density at radius 1 is 1.19 bits per heavy atom. The van der Waals surface area contributed by atoms with Gasteiger partial charge in [0.05, 0.1) is 17.9 Å². The lowest BCUT2D eigenvalue weighted by Gasteiger charge is -2.24. The van der Waals surface area contributed by atoms with E-state index >= 15 is 0 Å². The molecule has 0 saturated carbocycles. The van der Waals surface area contributed by atoms with Gasteiger partial charge in [-0.3, -0.25) is 4.90 Å². The predicted octanol–water partition coefficient (Wildman–Crippen LogP) is 2.88. The number of nitrogen functional groups attached to an aromatic ring is 1. The molecular weight excluding hydrogens is 452 g/mol.